The van der Waals surface area contributed by atoms with Crippen molar-refractivity contribution in [1.82, 2.24) is 5.32 Å². The van der Waals surface area contributed by atoms with Gasteiger partial charge in [-0.25, -0.2) is 4.39 Å². The van der Waals surface area contributed by atoms with E-state index >= 15 is 0 Å². The first kappa shape index (κ1) is 17.2. The fraction of sp³-hybridized carbons (Fsp3) is 0.278. The molecule has 0 fully saturated rings. The first-order valence-corrected chi connectivity index (χ1v) is 8.11. The minimum atomic E-state index is -0.317. The van der Waals surface area contributed by atoms with Gasteiger partial charge < -0.3 is 15.4 Å². The van der Waals surface area contributed by atoms with Crippen LogP contribution in [0.5, 0.6) is 5.75 Å². The van der Waals surface area contributed by atoms with Gasteiger partial charge in [-0.2, -0.15) is 0 Å². The van der Waals surface area contributed by atoms with Crippen LogP contribution in [-0.4, -0.2) is 18.3 Å². The molecule has 0 spiro atoms. The topological polar surface area (TPSA) is 33.3 Å². The van der Waals surface area contributed by atoms with Gasteiger partial charge in [-0.15, -0.1) is 0 Å². The van der Waals surface area contributed by atoms with Crippen LogP contribution in [0.1, 0.15) is 18.9 Å². The van der Waals surface area contributed by atoms with E-state index < -0.39 is 0 Å². The molecule has 0 aliphatic heterocycles. The van der Waals surface area contributed by atoms with Crippen LogP contribution < -0.4 is 15.4 Å². The number of ether oxygens (including phenoxy) is 1. The molecule has 0 aliphatic carbocycles. The summed E-state index contributed by atoms with van der Waals surface area (Å²) in [6, 6.07) is 14.5. The van der Waals surface area contributed by atoms with Gasteiger partial charge in [0.1, 0.15) is 11.6 Å². The quantitative estimate of drug-likeness (QED) is 0.590. The predicted octanol–water partition coefficient (Wildman–Crippen LogP) is 4.14. The number of anilines is 1. The lowest BCUT2D eigenvalue weighted by molar-refractivity contribution is 0.336. The highest BCUT2D eigenvalue weighted by Crippen LogP contribution is 2.19. The molecular weight excluding hydrogens is 311 g/mol. The lowest BCUT2D eigenvalue weighted by Crippen LogP contribution is -2.29. The zero-order valence-electron chi connectivity index (χ0n) is 13.1. The predicted molar refractivity (Wildman–Crippen MR) is 96.6 cm³/mol. The minimum absolute atomic E-state index is 0.317. The first-order valence-electron chi connectivity index (χ1n) is 7.70. The molecule has 0 bridgehead atoms. The van der Waals surface area contributed by atoms with E-state index in [1.165, 1.54) is 11.6 Å². The Morgan fingerprint density at radius 2 is 1.87 bits per heavy atom. The first-order chi connectivity index (χ1) is 11.2. The van der Waals surface area contributed by atoms with Crippen LogP contribution in [0, 0.1) is 5.82 Å². The zero-order chi connectivity index (χ0) is 16.5. The summed E-state index contributed by atoms with van der Waals surface area (Å²) in [5, 5.41) is 6.38. The van der Waals surface area contributed by atoms with Crippen molar-refractivity contribution in [2.75, 3.05) is 18.5 Å². The van der Waals surface area contributed by atoms with Crippen molar-refractivity contribution in [1.29, 1.82) is 0 Å². The van der Waals surface area contributed by atoms with E-state index in [1.54, 1.807) is 18.2 Å². The smallest absolute Gasteiger partial charge is 0.170 e. The molecule has 2 rings (SSSR count). The summed E-state index contributed by atoms with van der Waals surface area (Å²) in [5.74, 6) is 0.615. The van der Waals surface area contributed by atoms with E-state index in [9.17, 15) is 4.39 Å². The molecule has 0 amide bonds. The van der Waals surface area contributed by atoms with Crippen LogP contribution in [-0.2, 0) is 6.42 Å². The maximum Gasteiger partial charge on any atom is 0.170 e. The lowest BCUT2D eigenvalue weighted by Gasteiger charge is -2.12. The van der Waals surface area contributed by atoms with Crippen LogP contribution in [0.3, 0.4) is 0 Å². The van der Waals surface area contributed by atoms with E-state index in [4.69, 9.17) is 17.0 Å². The summed E-state index contributed by atoms with van der Waals surface area (Å²) >= 11 is 5.18. The number of hydrogen-bond donors (Lipinski definition) is 2. The molecule has 0 aromatic heterocycles. The summed E-state index contributed by atoms with van der Waals surface area (Å²) < 4.78 is 19.1. The van der Waals surface area contributed by atoms with E-state index in [-0.39, 0.29) is 5.82 Å². The molecular formula is C18H21FN2OS. The Bertz CT molecular complexity index is 648. The average molecular weight is 332 g/mol. The molecule has 0 unspecified atom stereocenters. The number of aryl methyl sites for hydroxylation is 1. The van der Waals surface area contributed by atoms with Gasteiger partial charge in [-0.05, 0) is 55.7 Å². The highest BCUT2D eigenvalue weighted by Gasteiger charge is 2.04. The molecule has 0 saturated heterocycles. The highest BCUT2D eigenvalue weighted by molar-refractivity contribution is 7.80. The van der Waals surface area contributed by atoms with E-state index in [2.05, 4.69) is 16.7 Å². The number of halogens is 1. The highest BCUT2D eigenvalue weighted by atomic mass is 32.1. The number of rotatable bonds is 7. The van der Waals surface area contributed by atoms with Crippen molar-refractivity contribution in [2.24, 2.45) is 0 Å². The van der Waals surface area contributed by atoms with Crippen molar-refractivity contribution in [3.63, 3.8) is 0 Å². The second-order valence-corrected chi connectivity index (χ2v) is 5.41. The van der Waals surface area contributed by atoms with E-state index in [0.717, 1.165) is 18.6 Å². The van der Waals surface area contributed by atoms with Crippen molar-refractivity contribution >= 4 is 23.0 Å². The Morgan fingerprint density at radius 1 is 1.13 bits per heavy atom. The molecule has 0 aliphatic rings. The van der Waals surface area contributed by atoms with Gasteiger partial charge >= 0.3 is 0 Å². The van der Waals surface area contributed by atoms with E-state index in [1.807, 2.05) is 25.1 Å². The molecule has 2 aromatic rings. The van der Waals surface area contributed by atoms with Gasteiger partial charge in [0.2, 0.25) is 0 Å². The van der Waals surface area contributed by atoms with Crippen LogP contribution >= 0.6 is 12.2 Å². The van der Waals surface area contributed by atoms with Crippen molar-refractivity contribution in [3.05, 3.63) is 59.9 Å². The largest absolute Gasteiger partial charge is 0.494 e. The maximum absolute atomic E-state index is 13.5. The monoisotopic (exact) mass is 332 g/mol. The third-order valence-electron chi connectivity index (χ3n) is 3.30. The summed E-state index contributed by atoms with van der Waals surface area (Å²) in [6.07, 6.45) is 1.80. The van der Waals surface area contributed by atoms with Crippen LogP contribution in [0.4, 0.5) is 10.1 Å². The van der Waals surface area contributed by atoms with E-state index in [0.29, 0.717) is 24.0 Å². The second kappa shape index (κ2) is 9.10. The van der Waals surface area contributed by atoms with Crippen molar-refractivity contribution in [2.45, 2.75) is 19.8 Å². The molecule has 2 N–H and O–H groups in total. The maximum atomic E-state index is 13.5. The van der Waals surface area contributed by atoms with Gasteiger partial charge in [0.05, 0.1) is 12.3 Å². The summed E-state index contributed by atoms with van der Waals surface area (Å²) in [5.41, 5.74) is 1.57. The molecule has 2 aromatic carbocycles. The average Bonchev–Trinajstić information content (AvgIpc) is 2.55. The Kier molecular flexibility index (Phi) is 6.81. The number of nitrogens with one attached hydrogen (secondary N) is 2. The SMILES string of the molecule is CCOc1ccccc1CCCNC(=S)Nc1ccccc1F. The number of benzene rings is 2. The normalized spacial score (nSPS) is 10.2. The van der Waals surface area contributed by atoms with Crippen molar-refractivity contribution < 1.29 is 9.13 Å². The second-order valence-electron chi connectivity index (χ2n) is 5.01. The molecule has 3 nitrogen and oxygen atoms in total. The van der Waals surface area contributed by atoms with Crippen LogP contribution in [0.25, 0.3) is 0 Å². The molecule has 0 heterocycles. The van der Waals surface area contributed by atoms with Gasteiger partial charge in [0.15, 0.2) is 5.11 Å². The number of hydrogen-bond acceptors (Lipinski definition) is 2. The minimum Gasteiger partial charge on any atom is -0.494 e. The molecule has 5 heteroatoms. The Balaban J connectivity index is 1.75. The number of para-hydroxylation sites is 2. The third-order valence-corrected chi connectivity index (χ3v) is 3.55. The van der Waals surface area contributed by atoms with Crippen LogP contribution in [0.15, 0.2) is 48.5 Å². The van der Waals surface area contributed by atoms with Gasteiger partial charge in [0.25, 0.3) is 0 Å². The molecule has 122 valence electrons. The fourth-order valence-corrected chi connectivity index (χ4v) is 2.43. The molecule has 0 atom stereocenters. The Hall–Kier alpha value is -2.14. The Morgan fingerprint density at radius 3 is 2.65 bits per heavy atom. The summed E-state index contributed by atoms with van der Waals surface area (Å²) in [7, 11) is 0. The van der Waals surface area contributed by atoms with Gasteiger partial charge in [0, 0.05) is 6.54 Å². The molecule has 23 heavy (non-hydrogen) atoms. The van der Waals surface area contributed by atoms with Crippen molar-refractivity contribution in [3.8, 4) is 5.75 Å². The number of thiocarbonyl (C=S) groups is 1. The molecule has 0 radical (unpaired) electrons. The standard InChI is InChI=1S/C18H21FN2OS/c1-2-22-17-12-6-3-8-14(17)9-7-13-20-18(23)21-16-11-5-4-10-15(16)19/h3-6,8,10-12H,2,7,9,13H2,1H3,(H2,20,21,23). The van der Waals surface area contributed by atoms with Crippen LogP contribution in [0.2, 0.25) is 0 Å². The molecule has 0 saturated carbocycles. The third kappa shape index (κ3) is 5.53. The van der Waals surface area contributed by atoms with Gasteiger partial charge in [-0.1, -0.05) is 30.3 Å². The Labute approximate surface area is 141 Å². The van der Waals surface area contributed by atoms with Gasteiger partial charge in [-0.3, -0.25) is 0 Å². The lowest BCUT2D eigenvalue weighted by atomic mass is 10.1. The summed E-state index contributed by atoms with van der Waals surface area (Å²) in [6.45, 7) is 3.35. The fourth-order valence-electron chi connectivity index (χ4n) is 2.22. The summed E-state index contributed by atoms with van der Waals surface area (Å²) in [4.78, 5) is 0. The zero-order valence-corrected chi connectivity index (χ0v) is 14.0.